The lowest BCUT2D eigenvalue weighted by Crippen LogP contribution is -2.38. The van der Waals surface area contributed by atoms with E-state index >= 15 is 0 Å². The Hall–Kier alpha value is -11.6. The van der Waals surface area contributed by atoms with Crippen LogP contribution in [0.15, 0.2) is 148 Å². The van der Waals surface area contributed by atoms with Gasteiger partial charge in [-0.2, -0.15) is 0 Å². The monoisotopic (exact) mass is 1470 g/mol. The summed E-state index contributed by atoms with van der Waals surface area (Å²) in [6.07, 6.45) is -10.2. The SMILES string of the molecule is C.CCC1OC(n2cnc3c(Nc4ccc(OC(F)(F)F)cc4)ncnc32)C(O)C1O.Cn1cnc2c(Nc3ccc(OC(F)(F)F)cc3)ncnc21.Cn1cnc2ncnc(Nc3ccc(OC(F)(F)F)cc3)c21.FC(F)(F)Oc1ccc(Nc2ncnc3c2ncn3CCN2CCOCC2)cc1. The minimum atomic E-state index is -4.77. The molecular formula is C63H61F12N21O8. The Labute approximate surface area is 579 Å². The molecule has 4 unspecified atom stereocenters. The number of aryl methyl sites for hydroxylation is 2. The van der Waals surface area contributed by atoms with Gasteiger partial charge in [-0.25, -0.2) is 59.8 Å². The molecule has 0 bridgehead atoms. The number of hydrogen-bond acceptors (Lipinski definition) is 25. The average Bonchev–Trinajstić information content (AvgIpc) is 1.63. The number of morpholine rings is 1. The summed E-state index contributed by atoms with van der Waals surface area (Å²) in [5.41, 5.74) is 6.56. The molecule has 0 radical (unpaired) electrons. The van der Waals surface area contributed by atoms with Crippen LogP contribution in [0.1, 0.15) is 27.0 Å². The van der Waals surface area contributed by atoms with Gasteiger partial charge < -0.3 is 73.6 Å². The molecule has 0 amide bonds. The van der Waals surface area contributed by atoms with Crippen molar-refractivity contribution >= 4 is 90.7 Å². The zero-order chi connectivity index (χ0) is 73.2. The van der Waals surface area contributed by atoms with Gasteiger partial charge in [-0.3, -0.25) is 9.47 Å². The molecule has 2 aliphatic rings. The molecule has 2 aliphatic heterocycles. The number of aliphatic hydroxyl groups is 2. The maximum absolute atomic E-state index is 12.3. The second-order valence-electron chi connectivity index (χ2n) is 22.1. The van der Waals surface area contributed by atoms with E-state index in [0.717, 1.165) is 39.4 Å². The van der Waals surface area contributed by atoms with E-state index in [2.05, 4.69) is 105 Å². The van der Waals surface area contributed by atoms with E-state index in [9.17, 15) is 62.9 Å². The van der Waals surface area contributed by atoms with E-state index in [0.29, 0.717) is 97.1 Å². The van der Waals surface area contributed by atoms with Crippen molar-refractivity contribution in [1.82, 2.24) is 83.0 Å². The molecule has 4 aromatic carbocycles. The van der Waals surface area contributed by atoms with E-state index in [-0.39, 0.29) is 30.4 Å². The van der Waals surface area contributed by atoms with Gasteiger partial charge in [0.25, 0.3) is 0 Å². The van der Waals surface area contributed by atoms with Crippen molar-refractivity contribution in [1.29, 1.82) is 0 Å². The lowest BCUT2D eigenvalue weighted by Gasteiger charge is -2.26. The average molecular weight is 1470 g/mol. The number of imidazole rings is 4. The molecule has 6 N–H and O–H groups in total. The number of nitrogens with one attached hydrogen (secondary N) is 4. The second kappa shape index (κ2) is 32.2. The lowest BCUT2D eigenvalue weighted by molar-refractivity contribution is -0.275. The van der Waals surface area contributed by atoms with Crippen LogP contribution in [-0.2, 0) is 30.1 Å². The van der Waals surface area contributed by atoms with Crippen molar-refractivity contribution in [3.05, 3.63) is 148 Å². The summed E-state index contributed by atoms with van der Waals surface area (Å²) in [6.45, 7) is 6.73. The topological polar surface area (TPSA) is 322 Å². The van der Waals surface area contributed by atoms with E-state index in [1.807, 2.05) is 11.5 Å². The third-order valence-corrected chi connectivity index (χ3v) is 14.9. The van der Waals surface area contributed by atoms with Gasteiger partial charge in [0, 0.05) is 63.0 Å². The van der Waals surface area contributed by atoms with Crippen LogP contribution in [0, 0.1) is 0 Å². The number of aromatic nitrogens is 16. The summed E-state index contributed by atoms with van der Waals surface area (Å²) in [5.74, 6) is 0.553. The van der Waals surface area contributed by atoms with Crippen molar-refractivity contribution in [2.75, 3.05) is 54.1 Å². The standard InChI is InChI=1S/C18H19F3N6O2.C18H18F3N5O4.2C13H10F3N5O.CH4/c19-18(20,21)29-14-3-1-13(2-4-14)25-16-15-17(23-11-22-16)27(12-24-15)6-5-26-7-9-28-10-8-26;1-2-11-13(27)14(28)17(29-11)26-8-24-12-15(22-7-23-16(12)26)25-9-3-5-10(6-4-9)30-18(19,20)21;1-21-7-19-11-10(21)12(18-6-17-11)20-8-2-4-9(5-3-8)22-13(14,15)16;1-21-7-19-10-11(17-6-18-12(10)21)20-8-2-4-9(5-3-8)22-13(14,15)16;/h1-4,11-12H,5-10H2,(H,22,23,25);3-8,11,13-14,17,27-28H,2H2,1H3,(H,22,23,25);2*2-7H,1H3,(H,17,18,20);1H4. The van der Waals surface area contributed by atoms with E-state index < -0.39 is 50.0 Å². The summed E-state index contributed by atoms with van der Waals surface area (Å²) >= 11 is 0. The van der Waals surface area contributed by atoms with Gasteiger partial charge in [0.15, 0.2) is 68.6 Å². The summed E-state index contributed by atoms with van der Waals surface area (Å²) < 4.78 is 180. The maximum atomic E-state index is 12.3. The second-order valence-corrected chi connectivity index (χ2v) is 22.1. The fourth-order valence-corrected chi connectivity index (χ4v) is 10.3. The largest absolute Gasteiger partial charge is 0.573 e. The summed E-state index contributed by atoms with van der Waals surface area (Å²) in [4.78, 5) is 52.5. The summed E-state index contributed by atoms with van der Waals surface area (Å²) in [5, 5.41) is 32.5. The Balaban J connectivity index is 0.000000150. The van der Waals surface area contributed by atoms with Crippen LogP contribution in [0.2, 0.25) is 0 Å². The Morgan fingerprint density at radius 1 is 0.442 bits per heavy atom. The van der Waals surface area contributed by atoms with Gasteiger partial charge in [-0.05, 0) is 103 Å². The molecule has 550 valence electrons. The first-order valence-electron chi connectivity index (χ1n) is 30.5. The Kier molecular flexibility index (Phi) is 23.2. The lowest BCUT2D eigenvalue weighted by atomic mass is 10.1. The molecular weight excluding hydrogens is 1410 g/mol. The van der Waals surface area contributed by atoms with Crippen molar-refractivity contribution in [2.45, 2.75) is 77.3 Å². The normalized spacial score (nSPS) is 16.3. The number of halogens is 12. The quantitative estimate of drug-likeness (QED) is 0.0461. The third kappa shape index (κ3) is 19.7. The van der Waals surface area contributed by atoms with Crippen LogP contribution in [0.3, 0.4) is 0 Å². The fourth-order valence-electron chi connectivity index (χ4n) is 10.3. The molecule has 0 aliphatic carbocycles. The van der Waals surface area contributed by atoms with Crippen LogP contribution in [0.4, 0.5) is 98.7 Å². The zero-order valence-electron chi connectivity index (χ0n) is 53.6. The van der Waals surface area contributed by atoms with Gasteiger partial charge in [0.1, 0.15) is 66.0 Å². The highest BCUT2D eigenvalue weighted by atomic mass is 19.4. The van der Waals surface area contributed by atoms with Gasteiger partial charge in [-0.15, -0.1) is 52.7 Å². The Morgan fingerprint density at radius 3 is 1.28 bits per heavy atom. The minimum Gasteiger partial charge on any atom is -0.406 e. The van der Waals surface area contributed by atoms with Crippen LogP contribution in [-0.4, -0.2) is 170 Å². The molecule has 14 rings (SSSR count). The Bertz CT molecular complexity index is 4770. The number of nitrogens with zero attached hydrogens (tertiary/aromatic N) is 17. The molecule has 29 nitrogen and oxygen atoms in total. The molecule has 0 spiro atoms. The Morgan fingerprint density at radius 2 is 0.827 bits per heavy atom. The first kappa shape index (κ1) is 75.1. The molecule has 8 aromatic heterocycles. The highest BCUT2D eigenvalue weighted by Gasteiger charge is 2.43. The summed E-state index contributed by atoms with van der Waals surface area (Å²) in [6, 6.07) is 21.3. The molecule has 4 atom stereocenters. The molecule has 0 saturated carbocycles. The summed E-state index contributed by atoms with van der Waals surface area (Å²) in [7, 11) is 3.60. The van der Waals surface area contributed by atoms with E-state index in [4.69, 9.17) is 9.47 Å². The minimum absolute atomic E-state index is 0. The first-order chi connectivity index (χ1) is 49.1. The number of alkyl halides is 12. The molecule has 41 heteroatoms. The van der Waals surface area contributed by atoms with Gasteiger partial charge in [-0.1, -0.05) is 14.4 Å². The number of hydrogen-bond donors (Lipinski definition) is 6. The number of fused-ring (bicyclic) bond motifs is 4. The molecule has 104 heavy (non-hydrogen) atoms. The van der Waals surface area contributed by atoms with Crippen LogP contribution < -0.4 is 40.2 Å². The highest BCUT2D eigenvalue weighted by molar-refractivity contribution is 5.88. The molecule has 2 saturated heterocycles. The molecule has 2 fully saturated rings. The van der Waals surface area contributed by atoms with Crippen molar-refractivity contribution in [3.8, 4) is 23.0 Å². The van der Waals surface area contributed by atoms with Crippen LogP contribution in [0.25, 0.3) is 44.7 Å². The van der Waals surface area contributed by atoms with Gasteiger partial charge >= 0.3 is 25.4 Å². The van der Waals surface area contributed by atoms with Gasteiger partial charge in [0.05, 0.1) is 44.6 Å². The predicted octanol–water partition coefficient (Wildman–Crippen LogP) is 11.9. The molecule has 12 aromatic rings. The van der Waals surface area contributed by atoms with Gasteiger partial charge in [0.2, 0.25) is 0 Å². The number of anilines is 8. The van der Waals surface area contributed by atoms with Crippen LogP contribution in [0.5, 0.6) is 23.0 Å². The van der Waals surface area contributed by atoms with E-state index in [1.54, 1.807) is 42.2 Å². The highest BCUT2D eigenvalue weighted by Crippen LogP contribution is 2.36. The number of ether oxygens (including phenoxy) is 6. The number of rotatable bonds is 17. The first-order valence-corrected chi connectivity index (χ1v) is 30.5. The van der Waals surface area contributed by atoms with Crippen molar-refractivity contribution in [2.24, 2.45) is 14.1 Å². The number of benzene rings is 4. The fraction of sp³-hybridized carbons (Fsp3) is 0.302. The molecule has 10 heterocycles. The van der Waals surface area contributed by atoms with Crippen molar-refractivity contribution in [3.63, 3.8) is 0 Å². The smallest absolute Gasteiger partial charge is 0.406 e. The number of aliphatic hydroxyl groups excluding tert-OH is 2. The van der Waals surface area contributed by atoms with E-state index in [1.165, 1.54) is 133 Å². The third-order valence-electron chi connectivity index (χ3n) is 14.9. The van der Waals surface area contributed by atoms with Crippen molar-refractivity contribution < 1.29 is 91.3 Å². The predicted molar refractivity (Wildman–Crippen MR) is 349 cm³/mol. The van der Waals surface area contributed by atoms with Crippen LogP contribution >= 0.6 is 0 Å². The maximum Gasteiger partial charge on any atom is 0.573 e. The zero-order valence-corrected chi connectivity index (χ0v) is 53.6.